The van der Waals surface area contributed by atoms with Gasteiger partial charge in [-0.1, -0.05) is 12.8 Å². The summed E-state index contributed by atoms with van der Waals surface area (Å²) in [7, 11) is 0. The zero-order valence-corrected chi connectivity index (χ0v) is 16.9. The Morgan fingerprint density at radius 2 is 1.79 bits per heavy atom. The fourth-order valence-corrected chi connectivity index (χ4v) is 4.19. The largest absolute Gasteiger partial charge is 0.476 e. The number of aryl methyl sites for hydroxylation is 1. The van der Waals surface area contributed by atoms with Crippen LogP contribution in [0.4, 0.5) is 0 Å². The molecule has 0 aromatic carbocycles. The maximum atomic E-state index is 13.3. The van der Waals surface area contributed by atoms with Gasteiger partial charge in [0.15, 0.2) is 5.69 Å². The molecular weight excluding hydrogens is 360 g/mol. The number of rotatable bonds is 3. The highest BCUT2D eigenvalue weighted by atomic mass is 16.4. The molecule has 154 valence electrons. The first-order valence-corrected chi connectivity index (χ1v) is 10.1. The number of aromatic nitrogens is 2. The van der Waals surface area contributed by atoms with Crippen molar-refractivity contribution in [3.63, 3.8) is 0 Å². The van der Waals surface area contributed by atoms with E-state index in [0.717, 1.165) is 31.4 Å². The summed E-state index contributed by atoms with van der Waals surface area (Å²) in [4.78, 5) is 39.1. The number of fused-ring (bicyclic) bond motifs is 1. The molecule has 0 unspecified atom stereocenters. The van der Waals surface area contributed by atoms with Crippen molar-refractivity contribution < 1.29 is 19.5 Å². The molecule has 2 heterocycles. The summed E-state index contributed by atoms with van der Waals surface area (Å²) in [5.74, 6) is -1.73. The van der Waals surface area contributed by atoms with Gasteiger partial charge in [-0.05, 0) is 46.1 Å². The molecule has 2 N–H and O–H groups in total. The summed E-state index contributed by atoms with van der Waals surface area (Å²) in [6, 6.07) is 1.54. The molecule has 0 bridgehead atoms. The second kappa shape index (κ2) is 7.93. The Kier molecular flexibility index (Phi) is 5.76. The van der Waals surface area contributed by atoms with E-state index in [-0.39, 0.29) is 34.9 Å². The topological polar surface area (TPSA) is 105 Å². The number of carbonyl (C=O) groups is 3. The summed E-state index contributed by atoms with van der Waals surface area (Å²) in [5, 5.41) is 16.3. The summed E-state index contributed by atoms with van der Waals surface area (Å²) in [6.45, 7) is 7.35. The maximum Gasteiger partial charge on any atom is 0.356 e. The summed E-state index contributed by atoms with van der Waals surface area (Å²) < 4.78 is 1.68. The van der Waals surface area contributed by atoms with Gasteiger partial charge in [-0.3, -0.25) is 14.3 Å². The predicted octanol–water partition coefficient (Wildman–Crippen LogP) is 2.03. The summed E-state index contributed by atoms with van der Waals surface area (Å²) >= 11 is 0. The smallest absolute Gasteiger partial charge is 0.356 e. The first-order chi connectivity index (χ1) is 13.2. The molecule has 2 atom stereocenters. The Bertz CT molecular complexity index is 765. The molecule has 8 heteroatoms. The van der Waals surface area contributed by atoms with E-state index in [1.54, 1.807) is 15.6 Å². The van der Waals surface area contributed by atoms with Crippen molar-refractivity contribution in [1.82, 2.24) is 20.0 Å². The van der Waals surface area contributed by atoms with E-state index in [2.05, 4.69) is 10.4 Å². The SMILES string of the molecule is CC(C)(C)NC(=O)[C@@H]1CCCC[C@@H]1C(=O)N1CCCn2nc(C(=O)O)cc2C1. The first-order valence-electron chi connectivity index (χ1n) is 10.1. The molecule has 0 spiro atoms. The van der Waals surface area contributed by atoms with Crippen LogP contribution in [-0.2, 0) is 22.7 Å². The highest BCUT2D eigenvalue weighted by molar-refractivity contribution is 5.88. The molecular formula is C20H30N4O4. The van der Waals surface area contributed by atoms with E-state index in [9.17, 15) is 19.5 Å². The van der Waals surface area contributed by atoms with E-state index in [1.807, 2.05) is 20.8 Å². The van der Waals surface area contributed by atoms with E-state index >= 15 is 0 Å². The van der Waals surface area contributed by atoms with Crippen LogP contribution in [0.3, 0.4) is 0 Å². The van der Waals surface area contributed by atoms with Crippen molar-refractivity contribution in [3.05, 3.63) is 17.5 Å². The van der Waals surface area contributed by atoms with Crippen LogP contribution >= 0.6 is 0 Å². The highest BCUT2D eigenvalue weighted by Crippen LogP contribution is 2.33. The molecule has 8 nitrogen and oxygen atoms in total. The second-order valence-electron chi connectivity index (χ2n) is 8.90. The average Bonchev–Trinajstić information content (AvgIpc) is 2.92. The van der Waals surface area contributed by atoms with Gasteiger partial charge in [0.2, 0.25) is 11.8 Å². The number of aromatic carboxylic acids is 1. The van der Waals surface area contributed by atoms with E-state index < -0.39 is 5.97 Å². The van der Waals surface area contributed by atoms with Crippen LogP contribution < -0.4 is 5.32 Å². The maximum absolute atomic E-state index is 13.3. The Morgan fingerprint density at radius 3 is 2.43 bits per heavy atom. The van der Waals surface area contributed by atoms with Crippen molar-refractivity contribution in [2.75, 3.05) is 6.54 Å². The van der Waals surface area contributed by atoms with Crippen molar-refractivity contribution in [2.24, 2.45) is 11.8 Å². The number of amides is 2. The molecule has 1 aliphatic heterocycles. The Balaban J connectivity index is 1.76. The first kappa shape index (κ1) is 20.4. The number of nitrogens with one attached hydrogen (secondary N) is 1. The Morgan fingerprint density at radius 1 is 1.11 bits per heavy atom. The molecule has 2 amide bonds. The normalized spacial score (nSPS) is 22.9. The molecule has 28 heavy (non-hydrogen) atoms. The number of carboxylic acid groups (broad SMARTS) is 1. The number of carboxylic acids is 1. The number of hydrogen-bond donors (Lipinski definition) is 2. The van der Waals surface area contributed by atoms with Gasteiger partial charge in [-0.25, -0.2) is 4.79 Å². The summed E-state index contributed by atoms with van der Waals surface area (Å²) in [5.41, 5.74) is 0.406. The van der Waals surface area contributed by atoms with E-state index in [1.165, 1.54) is 0 Å². The lowest BCUT2D eigenvalue weighted by Gasteiger charge is -2.35. The van der Waals surface area contributed by atoms with Crippen LogP contribution in [0, 0.1) is 11.8 Å². The minimum atomic E-state index is -1.07. The van der Waals surface area contributed by atoms with Gasteiger partial charge in [0.1, 0.15) is 0 Å². The van der Waals surface area contributed by atoms with E-state index in [4.69, 9.17) is 0 Å². The van der Waals surface area contributed by atoms with Crippen LogP contribution in [0.2, 0.25) is 0 Å². The van der Waals surface area contributed by atoms with Crippen LogP contribution in [0.5, 0.6) is 0 Å². The van der Waals surface area contributed by atoms with Crippen LogP contribution in [0.15, 0.2) is 6.07 Å². The lowest BCUT2D eigenvalue weighted by molar-refractivity contribution is -0.144. The lowest BCUT2D eigenvalue weighted by Crippen LogP contribution is -2.49. The van der Waals surface area contributed by atoms with Crippen molar-refractivity contribution in [2.45, 2.75) is 71.5 Å². The third-order valence-corrected chi connectivity index (χ3v) is 5.46. The molecule has 3 rings (SSSR count). The molecule has 0 saturated heterocycles. The molecule has 0 radical (unpaired) electrons. The number of carbonyl (C=O) groups excluding carboxylic acids is 2. The van der Waals surface area contributed by atoms with Gasteiger partial charge in [-0.15, -0.1) is 0 Å². The zero-order valence-electron chi connectivity index (χ0n) is 16.9. The minimum Gasteiger partial charge on any atom is -0.476 e. The fraction of sp³-hybridized carbons (Fsp3) is 0.700. The molecule has 1 aromatic rings. The third kappa shape index (κ3) is 4.54. The quantitative estimate of drug-likeness (QED) is 0.822. The van der Waals surface area contributed by atoms with Crippen molar-refractivity contribution in [3.8, 4) is 0 Å². The molecule has 1 aliphatic carbocycles. The summed E-state index contributed by atoms with van der Waals surface area (Å²) in [6.07, 6.45) is 4.07. The number of hydrogen-bond acceptors (Lipinski definition) is 4. The average molecular weight is 390 g/mol. The lowest BCUT2D eigenvalue weighted by atomic mass is 9.77. The third-order valence-electron chi connectivity index (χ3n) is 5.46. The van der Waals surface area contributed by atoms with Gasteiger partial charge in [0, 0.05) is 30.5 Å². The van der Waals surface area contributed by atoms with Gasteiger partial charge in [0.05, 0.1) is 12.2 Å². The second-order valence-corrected chi connectivity index (χ2v) is 8.90. The zero-order chi connectivity index (χ0) is 20.5. The number of nitrogens with zero attached hydrogens (tertiary/aromatic N) is 3. The monoisotopic (exact) mass is 390 g/mol. The van der Waals surface area contributed by atoms with Crippen molar-refractivity contribution in [1.29, 1.82) is 0 Å². The molecule has 1 aromatic heterocycles. The molecule has 2 aliphatic rings. The van der Waals surface area contributed by atoms with Gasteiger partial charge in [0.25, 0.3) is 0 Å². The van der Waals surface area contributed by atoms with Crippen molar-refractivity contribution >= 4 is 17.8 Å². The van der Waals surface area contributed by atoms with Gasteiger partial charge < -0.3 is 15.3 Å². The minimum absolute atomic E-state index is 0.000263. The Hall–Kier alpha value is -2.38. The van der Waals surface area contributed by atoms with Crippen LogP contribution in [0.25, 0.3) is 0 Å². The van der Waals surface area contributed by atoms with Crippen LogP contribution in [-0.4, -0.2) is 49.7 Å². The Labute approximate surface area is 165 Å². The predicted molar refractivity (Wildman–Crippen MR) is 103 cm³/mol. The fourth-order valence-electron chi connectivity index (χ4n) is 4.19. The highest BCUT2D eigenvalue weighted by Gasteiger charge is 2.39. The van der Waals surface area contributed by atoms with Crippen LogP contribution in [0.1, 0.15) is 69.1 Å². The van der Waals surface area contributed by atoms with E-state index in [0.29, 0.717) is 26.1 Å². The van der Waals surface area contributed by atoms with Gasteiger partial charge in [-0.2, -0.15) is 5.10 Å². The van der Waals surface area contributed by atoms with Gasteiger partial charge >= 0.3 is 5.97 Å². The standard InChI is InChI=1S/C20H30N4O4/c1-20(2,3)21-17(25)14-7-4-5-8-15(14)18(26)23-9-6-10-24-13(12-23)11-16(22-24)19(27)28/h11,14-15H,4-10,12H2,1-3H3,(H,21,25)(H,27,28)/t14-,15+/m1/s1. The molecule has 1 fully saturated rings. The molecule has 1 saturated carbocycles.